The van der Waals surface area contributed by atoms with E-state index in [0.717, 1.165) is 11.3 Å². The zero-order valence-electron chi connectivity index (χ0n) is 16.1. The molecule has 1 aromatic heterocycles. The van der Waals surface area contributed by atoms with Gasteiger partial charge in [-0.25, -0.2) is 4.68 Å². The average Bonchev–Trinajstić information content (AvgIpc) is 3.20. The van der Waals surface area contributed by atoms with Crippen LogP contribution in [0.4, 0.5) is 0 Å². The molecule has 0 spiro atoms. The first kappa shape index (κ1) is 19.0. The molecule has 3 heterocycles. The Morgan fingerprint density at radius 1 is 0.968 bits per heavy atom. The molecule has 0 aliphatic carbocycles. The largest absolute Gasteiger partial charge is 0.486 e. The molecule has 2 aliphatic heterocycles. The standard InChI is InChI=1S/C22H16N4O4S/c27-20-16(21(28)24-22(31)23-20)10-14-12-26(15-4-2-1-3-5-15)25-19(14)13-6-7-17-18(11-13)30-9-8-29-17/h1-7,10-12H,8-9H2,(H2,23,24,27,28,31). The first-order valence-electron chi connectivity index (χ1n) is 9.52. The number of thiocarbonyl (C=S) groups is 1. The van der Waals surface area contributed by atoms with Crippen LogP contribution in [0.3, 0.4) is 0 Å². The van der Waals surface area contributed by atoms with E-state index in [1.54, 1.807) is 10.9 Å². The van der Waals surface area contributed by atoms with E-state index < -0.39 is 11.8 Å². The van der Waals surface area contributed by atoms with Gasteiger partial charge in [0, 0.05) is 17.3 Å². The van der Waals surface area contributed by atoms with Gasteiger partial charge in [-0.05, 0) is 48.6 Å². The first-order chi connectivity index (χ1) is 15.1. The number of carbonyl (C=O) groups excluding carboxylic acids is 2. The SMILES string of the molecule is O=C1NC(=S)NC(=O)C1=Cc1cn(-c2ccccc2)nc1-c1ccc2c(c1)OCCO2. The van der Waals surface area contributed by atoms with Crippen molar-refractivity contribution < 1.29 is 19.1 Å². The van der Waals surface area contributed by atoms with Crippen LogP contribution in [0.25, 0.3) is 23.0 Å². The van der Waals surface area contributed by atoms with Crippen molar-refractivity contribution in [2.45, 2.75) is 0 Å². The minimum absolute atomic E-state index is 0.0146. The van der Waals surface area contributed by atoms with Crippen LogP contribution in [0.1, 0.15) is 5.56 Å². The maximum absolute atomic E-state index is 12.3. The number of para-hydroxylation sites is 1. The molecular formula is C22H16N4O4S. The minimum atomic E-state index is -0.561. The number of carbonyl (C=O) groups is 2. The smallest absolute Gasteiger partial charge is 0.263 e. The summed E-state index contributed by atoms with van der Waals surface area (Å²) in [6.07, 6.45) is 3.27. The molecule has 0 unspecified atom stereocenters. The second-order valence-electron chi connectivity index (χ2n) is 6.87. The fraction of sp³-hybridized carbons (Fsp3) is 0.0909. The topological polar surface area (TPSA) is 94.5 Å². The Bertz CT molecular complexity index is 1230. The second-order valence-corrected chi connectivity index (χ2v) is 7.28. The van der Waals surface area contributed by atoms with Gasteiger partial charge in [0.05, 0.1) is 5.69 Å². The second kappa shape index (κ2) is 7.69. The molecule has 2 aromatic carbocycles. The van der Waals surface area contributed by atoms with E-state index in [-0.39, 0.29) is 10.7 Å². The third kappa shape index (κ3) is 3.66. The predicted octanol–water partition coefficient (Wildman–Crippen LogP) is 2.22. The van der Waals surface area contributed by atoms with E-state index in [1.807, 2.05) is 48.5 Å². The highest BCUT2D eigenvalue weighted by atomic mass is 32.1. The van der Waals surface area contributed by atoms with Crippen molar-refractivity contribution in [2.24, 2.45) is 0 Å². The highest BCUT2D eigenvalue weighted by molar-refractivity contribution is 7.80. The molecule has 2 N–H and O–H groups in total. The molecule has 2 aliphatic rings. The van der Waals surface area contributed by atoms with Gasteiger partial charge in [-0.1, -0.05) is 18.2 Å². The van der Waals surface area contributed by atoms with Gasteiger partial charge >= 0.3 is 0 Å². The summed E-state index contributed by atoms with van der Waals surface area (Å²) in [5.74, 6) is 0.163. The fourth-order valence-electron chi connectivity index (χ4n) is 3.38. The lowest BCUT2D eigenvalue weighted by Gasteiger charge is -2.18. The predicted molar refractivity (Wildman–Crippen MR) is 117 cm³/mol. The lowest BCUT2D eigenvalue weighted by Crippen LogP contribution is -2.51. The maximum Gasteiger partial charge on any atom is 0.263 e. The van der Waals surface area contributed by atoms with E-state index in [1.165, 1.54) is 6.08 Å². The molecule has 3 aromatic rings. The van der Waals surface area contributed by atoms with Crippen molar-refractivity contribution in [1.82, 2.24) is 20.4 Å². The Balaban J connectivity index is 1.64. The molecule has 1 fully saturated rings. The molecule has 0 radical (unpaired) electrons. The van der Waals surface area contributed by atoms with Crippen LogP contribution in [0, 0.1) is 0 Å². The zero-order chi connectivity index (χ0) is 21.4. The zero-order valence-corrected chi connectivity index (χ0v) is 16.9. The molecule has 31 heavy (non-hydrogen) atoms. The number of nitrogens with one attached hydrogen (secondary N) is 2. The Morgan fingerprint density at radius 2 is 1.68 bits per heavy atom. The van der Waals surface area contributed by atoms with E-state index >= 15 is 0 Å². The van der Waals surface area contributed by atoms with Gasteiger partial charge in [0.2, 0.25) is 0 Å². The van der Waals surface area contributed by atoms with Crippen LogP contribution >= 0.6 is 12.2 Å². The molecule has 0 saturated carbocycles. The molecule has 0 atom stereocenters. The number of rotatable bonds is 3. The maximum atomic E-state index is 12.3. The van der Waals surface area contributed by atoms with Gasteiger partial charge in [-0.2, -0.15) is 5.10 Å². The summed E-state index contributed by atoms with van der Waals surface area (Å²) < 4.78 is 13.0. The molecule has 8 nitrogen and oxygen atoms in total. The van der Waals surface area contributed by atoms with E-state index in [0.29, 0.717) is 36.0 Å². The number of aromatic nitrogens is 2. The third-order valence-electron chi connectivity index (χ3n) is 4.82. The van der Waals surface area contributed by atoms with Gasteiger partial charge < -0.3 is 9.47 Å². The molecule has 1 saturated heterocycles. The number of benzene rings is 2. The first-order valence-corrected chi connectivity index (χ1v) is 9.93. The van der Waals surface area contributed by atoms with Crippen LogP contribution in [0.2, 0.25) is 0 Å². The number of fused-ring (bicyclic) bond motifs is 1. The summed E-state index contributed by atoms with van der Waals surface area (Å²) >= 11 is 4.87. The average molecular weight is 432 g/mol. The van der Waals surface area contributed by atoms with Crippen LogP contribution in [0.15, 0.2) is 60.3 Å². The van der Waals surface area contributed by atoms with Gasteiger partial charge in [0.1, 0.15) is 24.5 Å². The Labute approximate surface area is 182 Å². The molecular weight excluding hydrogens is 416 g/mol. The van der Waals surface area contributed by atoms with Crippen molar-refractivity contribution in [1.29, 1.82) is 0 Å². The molecule has 0 bridgehead atoms. The highest BCUT2D eigenvalue weighted by Gasteiger charge is 2.27. The normalized spacial score (nSPS) is 15.4. The quantitative estimate of drug-likeness (QED) is 0.375. The lowest BCUT2D eigenvalue weighted by molar-refractivity contribution is -0.123. The number of nitrogens with zero attached hydrogens (tertiary/aromatic N) is 2. The molecule has 2 amide bonds. The number of hydrogen-bond acceptors (Lipinski definition) is 6. The summed E-state index contributed by atoms with van der Waals surface area (Å²) in [6.45, 7) is 0.963. The van der Waals surface area contributed by atoms with E-state index in [4.69, 9.17) is 26.8 Å². The van der Waals surface area contributed by atoms with Crippen LogP contribution in [0.5, 0.6) is 11.5 Å². The Hall–Kier alpha value is -3.98. The van der Waals surface area contributed by atoms with Gasteiger partial charge in [-0.15, -0.1) is 0 Å². The fourth-order valence-corrected chi connectivity index (χ4v) is 3.57. The molecule has 9 heteroatoms. The molecule has 154 valence electrons. The van der Waals surface area contributed by atoms with Gasteiger partial charge in [-0.3, -0.25) is 20.2 Å². The summed E-state index contributed by atoms with van der Waals surface area (Å²) in [6, 6.07) is 15.1. The number of amides is 2. The summed E-state index contributed by atoms with van der Waals surface area (Å²) in [5, 5.41) is 9.60. The van der Waals surface area contributed by atoms with Crippen molar-refractivity contribution in [3.8, 4) is 28.4 Å². The van der Waals surface area contributed by atoms with Crippen molar-refractivity contribution >= 4 is 35.2 Å². The molecule has 5 rings (SSSR count). The summed E-state index contributed by atoms with van der Waals surface area (Å²) in [5.41, 5.74) is 2.72. The van der Waals surface area contributed by atoms with Gasteiger partial charge in [0.25, 0.3) is 11.8 Å². The van der Waals surface area contributed by atoms with Crippen LogP contribution in [-0.2, 0) is 9.59 Å². The number of ether oxygens (including phenoxy) is 2. The van der Waals surface area contributed by atoms with Crippen molar-refractivity contribution in [2.75, 3.05) is 13.2 Å². The Kier molecular flexibility index (Phi) is 4.72. The van der Waals surface area contributed by atoms with Crippen molar-refractivity contribution in [3.05, 3.63) is 65.9 Å². The van der Waals surface area contributed by atoms with Crippen LogP contribution in [-0.4, -0.2) is 39.9 Å². The third-order valence-corrected chi connectivity index (χ3v) is 5.03. The monoisotopic (exact) mass is 432 g/mol. The number of hydrogen-bond donors (Lipinski definition) is 2. The minimum Gasteiger partial charge on any atom is -0.486 e. The Morgan fingerprint density at radius 3 is 2.42 bits per heavy atom. The lowest BCUT2D eigenvalue weighted by atomic mass is 10.0. The van der Waals surface area contributed by atoms with Gasteiger partial charge in [0.15, 0.2) is 16.6 Å². The highest BCUT2D eigenvalue weighted by Crippen LogP contribution is 2.36. The van der Waals surface area contributed by atoms with E-state index in [9.17, 15) is 9.59 Å². The summed E-state index contributed by atoms with van der Waals surface area (Å²) in [7, 11) is 0. The van der Waals surface area contributed by atoms with Crippen LogP contribution < -0.4 is 20.1 Å². The summed E-state index contributed by atoms with van der Waals surface area (Å²) in [4.78, 5) is 24.7. The van der Waals surface area contributed by atoms with Crippen molar-refractivity contribution in [3.63, 3.8) is 0 Å². The van der Waals surface area contributed by atoms with E-state index in [2.05, 4.69) is 10.6 Å².